The van der Waals surface area contributed by atoms with Crippen LogP contribution < -0.4 is 0 Å². The zero-order chi connectivity index (χ0) is 15.1. The van der Waals surface area contributed by atoms with Crippen LogP contribution in [0.2, 0.25) is 0 Å². The molecular formula is C15H18O5. The van der Waals surface area contributed by atoms with E-state index in [1.54, 1.807) is 30.3 Å². The van der Waals surface area contributed by atoms with Gasteiger partial charge in [-0.3, -0.25) is 14.4 Å². The Morgan fingerprint density at radius 3 is 2.05 bits per heavy atom. The Balaban J connectivity index is 3.16. The second-order valence-corrected chi connectivity index (χ2v) is 4.61. The summed E-state index contributed by atoms with van der Waals surface area (Å²) in [6.07, 6.45) is 1.60. The molecular weight excluding hydrogens is 260 g/mol. The molecule has 1 atom stereocenters. The van der Waals surface area contributed by atoms with E-state index in [-0.39, 0.29) is 12.2 Å². The number of Topliss-reactive ketones (excluding diaryl/α,β-unsaturated/α-hetero) is 1. The van der Waals surface area contributed by atoms with Gasteiger partial charge in [0.25, 0.3) is 0 Å². The van der Waals surface area contributed by atoms with E-state index in [2.05, 4.69) is 0 Å². The van der Waals surface area contributed by atoms with Crippen LogP contribution >= 0.6 is 0 Å². The first kappa shape index (κ1) is 15.9. The van der Waals surface area contributed by atoms with Crippen LogP contribution in [0.3, 0.4) is 0 Å². The summed E-state index contributed by atoms with van der Waals surface area (Å²) in [5.74, 6) is -6.21. The minimum Gasteiger partial charge on any atom is -0.481 e. The minimum atomic E-state index is -1.75. The average Bonchev–Trinajstić information content (AvgIpc) is 2.42. The predicted octanol–water partition coefficient (Wildman–Crippen LogP) is 2.31. The van der Waals surface area contributed by atoms with Crippen LogP contribution in [0.15, 0.2) is 30.3 Å². The molecule has 0 bridgehead atoms. The largest absolute Gasteiger partial charge is 0.481 e. The summed E-state index contributed by atoms with van der Waals surface area (Å²) in [5.41, 5.74) is 0.434. The zero-order valence-electron chi connectivity index (χ0n) is 11.3. The summed E-state index contributed by atoms with van der Waals surface area (Å²) in [6.45, 7) is 1.91. The summed E-state index contributed by atoms with van der Waals surface area (Å²) < 4.78 is 0. The van der Waals surface area contributed by atoms with Gasteiger partial charge in [0.2, 0.25) is 0 Å². The van der Waals surface area contributed by atoms with Crippen LogP contribution in [0.1, 0.15) is 37.7 Å². The van der Waals surface area contributed by atoms with Crippen molar-refractivity contribution in [2.24, 2.45) is 5.92 Å². The first-order valence-electron chi connectivity index (χ1n) is 6.52. The molecule has 108 valence electrons. The van der Waals surface area contributed by atoms with Crippen LogP contribution in [0.5, 0.6) is 0 Å². The minimum absolute atomic E-state index is 0.188. The van der Waals surface area contributed by atoms with E-state index in [1.165, 1.54) is 0 Å². The maximum Gasteiger partial charge on any atom is 0.318 e. The number of hydrogen-bond donors (Lipinski definition) is 2. The topological polar surface area (TPSA) is 91.7 Å². The number of benzene rings is 1. The van der Waals surface area contributed by atoms with Gasteiger partial charge >= 0.3 is 11.9 Å². The number of hydrogen-bond acceptors (Lipinski definition) is 3. The molecule has 0 aliphatic carbocycles. The SMILES string of the molecule is CCCCC(=O)C(c1ccccc1)C(C(=O)O)C(=O)O. The molecule has 1 rings (SSSR count). The van der Waals surface area contributed by atoms with Crippen LogP contribution in [0.25, 0.3) is 0 Å². The fourth-order valence-electron chi connectivity index (χ4n) is 2.12. The smallest absolute Gasteiger partial charge is 0.318 e. The lowest BCUT2D eigenvalue weighted by Crippen LogP contribution is -2.34. The van der Waals surface area contributed by atoms with Gasteiger partial charge in [-0.25, -0.2) is 0 Å². The van der Waals surface area contributed by atoms with Crippen LogP contribution in [0.4, 0.5) is 0 Å². The molecule has 0 aliphatic rings. The lowest BCUT2D eigenvalue weighted by atomic mass is 9.81. The molecule has 0 fully saturated rings. The summed E-state index contributed by atoms with van der Waals surface area (Å²) in [4.78, 5) is 34.6. The zero-order valence-corrected chi connectivity index (χ0v) is 11.3. The molecule has 0 saturated carbocycles. The van der Waals surface area contributed by atoms with E-state index in [9.17, 15) is 14.4 Å². The van der Waals surface area contributed by atoms with E-state index >= 15 is 0 Å². The summed E-state index contributed by atoms with van der Waals surface area (Å²) in [7, 11) is 0. The number of carboxylic acid groups (broad SMARTS) is 2. The lowest BCUT2D eigenvalue weighted by molar-refractivity contribution is -0.157. The van der Waals surface area contributed by atoms with Crippen molar-refractivity contribution in [2.75, 3.05) is 0 Å². The highest BCUT2D eigenvalue weighted by molar-refractivity contribution is 6.01. The molecule has 0 saturated heterocycles. The molecule has 0 amide bonds. The van der Waals surface area contributed by atoms with Crippen molar-refractivity contribution in [3.8, 4) is 0 Å². The van der Waals surface area contributed by atoms with Gasteiger partial charge in [0, 0.05) is 6.42 Å². The van der Waals surface area contributed by atoms with E-state index in [1.807, 2.05) is 6.92 Å². The van der Waals surface area contributed by atoms with Gasteiger partial charge in [-0.05, 0) is 12.0 Å². The van der Waals surface area contributed by atoms with E-state index in [4.69, 9.17) is 10.2 Å². The molecule has 5 nitrogen and oxygen atoms in total. The fraction of sp³-hybridized carbons (Fsp3) is 0.400. The van der Waals surface area contributed by atoms with Crippen molar-refractivity contribution in [3.63, 3.8) is 0 Å². The maximum absolute atomic E-state index is 12.2. The van der Waals surface area contributed by atoms with Crippen molar-refractivity contribution >= 4 is 17.7 Å². The van der Waals surface area contributed by atoms with Crippen molar-refractivity contribution in [3.05, 3.63) is 35.9 Å². The number of carbonyl (C=O) groups is 3. The van der Waals surface area contributed by atoms with Crippen molar-refractivity contribution in [2.45, 2.75) is 32.1 Å². The van der Waals surface area contributed by atoms with Gasteiger partial charge in [0.15, 0.2) is 5.92 Å². The monoisotopic (exact) mass is 278 g/mol. The molecule has 0 aromatic heterocycles. The summed E-state index contributed by atoms with van der Waals surface area (Å²) in [5, 5.41) is 18.2. The summed E-state index contributed by atoms with van der Waals surface area (Å²) >= 11 is 0. The Morgan fingerprint density at radius 1 is 1.05 bits per heavy atom. The molecule has 0 spiro atoms. The van der Waals surface area contributed by atoms with E-state index in [0.717, 1.165) is 6.42 Å². The molecule has 1 unspecified atom stereocenters. The molecule has 2 N–H and O–H groups in total. The third-order valence-electron chi connectivity index (χ3n) is 3.15. The van der Waals surface area contributed by atoms with Gasteiger partial charge in [-0.2, -0.15) is 0 Å². The van der Waals surface area contributed by atoms with Crippen LogP contribution in [-0.2, 0) is 14.4 Å². The van der Waals surface area contributed by atoms with Crippen molar-refractivity contribution < 1.29 is 24.6 Å². The first-order chi connectivity index (χ1) is 9.49. The Hall–Kier alpha value is -2.17. The average molecular weight is 278 g/mol. The van der Waals surface area contributed by atoms with Gasteiger partial charge in [-0.15, -0.1) is 0 Å². The van der Waals surface area contributed by atoms with Gasteiger partial charge in [0.05, 0.1) is 5.92 Å². The maximum atomic E-state index is 12.2. The Bertz CT molecular complexity index is 466. The number of ketones is 1. The van der Waals surface area contributed by atoms with E-state index in [0.29, 0.717) is 12.0 Å². The van der Waals surface area contributed by atoms with Crippen LogP contribution in [-0.4, -0.2) is 27.9 Å². The highest BCUT2D eigenvalue weighted by atomic mass is 16.4. The number of unbranched alkanes of at least 4 members (excludes halogenated alkanes) is 1. The molecule has 0 radical (unpaired) electrons. The third kappa shape index (κ3) is 3.91. The third-order valence-corrected chi connectivity index (χ3v) is 3.15. The van der Waals surface area contributed by atoms with E-state index < -0.39 is 23.8 Å². The number of carbonyl (C=O) groups excluding carboxylic acids is 1. The first-order valence-corrected chi connectivity index (χ1v) is 6.52. The Labute approximate surface area is 117 Å². The van der Waals surface area contributed by atoms with Crippen molar-refractivity contribution in [1.82, 2.24) is 0 Å². The second-order valence-electron chi connectivity index (χ2n) is 4.61. The molecule has 0 aliphatic heterocycles. The number of aliphatic carboxylic acids is 2. The predicted molar refractivity (Wildman–Crippen MR) is 72.5 cm³/mol. The molecule has 1 aromatic rings. The number of carboxylic acids is 2. The lowest BCUT2D eigenvalue weighted by Gasteiger charge is -2.20. The Kier molecular flexibility index (Phi) is 5.90. The van der Waals surface area contributed by atoms with Gasteiger partial charge in [-0.1, -0.05) is 43.7 Å². The van der Waals surface area contributed by atoms with Crippen LogP contribution in [0, 0.1) is 5.92 Å². The molecule has 0 heterocycles. The Morgan fingerprint density at radius 2 is 1.60 bits per heavy atom. The highest BCUT2D eigenvalue weighted by Crippen LogP contribution is 2.28. The standard InChI is InChI=1S/C15H18O5/c1-2-3-9-11(16)12(10-7-5-4-6-8-10)13(14(17)18)15(19)20/h4-8,12-13H,2-3,9H2,1H3,(H,17,18)(H,19,20). The van der Waals surface area contributed by atoms with Gasteiger partial charge < -0.3 is 10.2 Å². The fourth-order valence-corrected chi connectivity index (χ4v) is 2.12. The number of rotatable bonds is 8. The van der Waals surface area contributed by atoms with Gasteiger partial charge in [0.1, 0.15) is 5.78 Å². The quantitative estimate of drug-likeness (QED) is 0.712. The highest BCUT2D eigenvalue weighted by Gasteiger charge is 2.39. The molecule has 20 heavy (non-hydrogen) atoms. The summed E-state index contributed by atoms with van der Waals surface area (Å²) in [6, 6.07) is 8.24. The normalized spacial score (nSPS) is 12.1. The van der Waals surface area contributed by atoms with Crippen molar-refractivity contribution in [1.29, 1.82) is 0 Å². The molecule has 5 heteroatoms. The second kappa shape index (κ2) is 7.43. The molecule has 1 aromatic carbocycles.